The molecule has 2 heterocycles. The number of fused-ring (bicyclic) bond motifs is 1. The van der Waals surface area contributed by atoms with Gasteiger partial charge in [0.05, 0.1) is 18.7 Å². The topological polar surface area (TPSA) is 78.1 Å². The predicted octanol–water partition coefficient (Wildman–Crippen LogP) is 0.759. The van der Waals surface area contributed by atoms with E-state index in [1.807, 2.05) is 20.8 Å². The lowest BCUT2D eigenvalue weighted by Gasteiger charge is -2.20. The van der Waals surface area contributed by atoms with Crippen LogP contribution in [0.1, 0.15) is 20.8 Å². The van der Waals surface area contributed by atoms with E-state index in [-0.39, 0.29) is 23.7 Å². The first-order valence-corrected chi connectivity index (χ1v) is 7.17. The number of aromatic nitrogens is 3. The minimum atomic E-state index is -0.340. The van der Waals surface area contributed by atoms with Crippen LogP contribution in [-0.4, -0.2) is 39.3 Å². The summed E-state index contributed by atoms with van der Waals surface area (Å²) in [5.74, 6) is -0.204. The first-order valence-electron chi connectivity index (χ1n) is 7.17. The zero-order valence-corrected chi connectivity index (χ0v) is 13.4. The molecule has 0 spiro atoms. The van der Waals surface area contributed by atoms with E-state index in [2.05, 4.69) is 10.3 Å². The minimum Gasteiger partial charge on any atom is -0.383 e. The summed E-state index contributed by atoms with van der Waals surface area (Å²) in [5.41, 5.74) is 0.614. The van der Waals surface area contributed by atoms with Crippen LogP contribution in [0, 0.1) is 0 Å². The molecule has 0 aliphatic rings. The van der Waals surface area contributed by atoms with Gasteiger partial charge < -0.3 is 10.1 Å². The van der Waals surface area contributed by atoms with Crippen LogP contribution in [0.2, 0.25) is 0 Å². The maximum atomic E-state index is 12.5. The number of imidazole rings is 1. The van der Waals surface area contributed by atoms with Crippen molar-refractivity contribution in [1.82, 2.24) is 19.4 Å². The Morgan fingerprint density at radius 1 is 1.36 bits per heavy atom. The van der Waals surface area contributed by atoms with Crippen molar-refractivity contribution >= 4 is 17.1 Å². The van der Waals surface area contributed by atoms with Gasteiger partial charge >= 0.3 is 5.69 Å². The van der Waals surface area contributed by atoms with Crippen molar-refractivity contribution in [3.05, 3.63) is 28.8 Å². The third-order valence-electron chi connectivity index (χ3n) is 3.11. The fourth-order valence-electron chi connectivity index (χ4n) is 2.28. The van der Waals surface area contributed by atoms with Crippen LogP contribution < -0.4 is 11.0 Å². The number of carbonyl (C=O) groups is 1. The number of nitrogens with one attached hydrogen (secondary N) is 1. The summed E-state index contributed by atoms with van der Waals surface area (Å²) in [4.78, 5) is 28.9. The van der Waals surface area contributed by atoms with E-state index in [4.69, 9.17) is 4.74 Å². The van der Waals surface area contributed by atoms with Crippen LogP contribution in [-0.2, 0) is 22.6 Å². The highest BCUT2D eigenvalue weighted by atomic mass is 16.5. The van der Waals surface area contributed by atoms with Gasteiger partial charge in [-0.05, 0) is 32.9 Å². The van der Waals surface area contributed by atoms with E-state index in [1.54, 1.807) is 25.4 Å². The molecular weight excluding hydrogens is 284 g/mol. The maximum Gasteiger partial charge on any atom is 0.330 e. The predicted molar refractivity (Wildman–Crippen MR) is 83.8 cm³/mol. The van der Waals surface area contributed by atoms with Gasteiger partial charge in [0.15, 0.2) is 5.65 Å². The molecule has 0 fully saturated rings. The second-order valence-electron chi connectivity index (χ2n) is 6.16. The Kier molecular flexibility index (Phi) is 4.65. The molecule has 120 valence electrons. The molecule has 0 atom stereocenters. The molecule has 2 rings (SSSR count). The molecule has 0 saturated heterocycles. The Morgan fingerprint density at radius 2 is 2.09 bits per heavy atom. The van der Waals surface area contributed by atoms with Crippen molar-refractivity contribution in [2.24, 2.45) is 0 Å². The first-order chi connectivity index (χ1) is 10.3. The number of carbonyl (C=O) groups excluding carboxylic acids is 1. The van der Waals surface area contributed by atoms with Gasteiger partial charge in [0, 0.05) is 18.8 Å². The number of nitrogens with zero attached hydrogens (tertiary/aromatic N) is 3. The Balaban J connectivity index is 2.39. The molecule has 2 aromatic heterocycles. The minimum absolute atomic E-state index is 0.0295. The molecule has 0 radical (unpaired) electrons. The largest absolute Gasteiger partial charge is 0.383 e. The summed E-state index contributed by atoms with van der Waals surface area (Å²) >= 11 is 0. The van der Waals surface area contributed by atoms with E-state index in [1.165, 1.54) is 9.13 Å². The highest BCUT2D eigenvalue weighted by Crippen LogP contribution is 2.10. The second kappa shape index (κ2) is 6.31. The highest BCUT2D eigenvalue weighted by Gasteiger charge is 2.19. The second-order valence-corrected chi connectivity index (χ2v) is 6.16. The molecule has 0 aromatic carbocycles. The molecule has 7 nitrogen and oxygen atoms in total. The average molecular weight is 306 g/mol. The third-order valence-corrected chi connectivity index (χ3v) is 3.11. The van der Waals surface area contributed by atoms with Crippen molar-refractivity contribution in [2.45, 2.75) is 39.4 Å². The summed E-state index contributed by atoms with van der Waals surface area (Å²) in [6, 6.07) is 3.54. The Bertz CT molecular complexity index is 724. The average Bonchev–Trinajstić information content (AvgIpc) is 2.68. The van der Waals surface area contributed by atoms with Gasteiger partial charge in [-0.25, -0.2) is 9.78 Å². The lowest BCUT2D eigenvalue weighted by Crippen LogP contribution is -2.43. The normalized spacial score (nSPS) is 11.8. The van der Waals surface area contributed by atoms with Crippen LogP contribution in [0.15, 0.2) is 23.1 Å². The fraction of sp³-hybridized carbons (Fsp3) is 0.533. The number of pyridine rings is 1. The molecule has 7 heteroatoms. The monoisotopic (exact) mass is 306 g/mol. The number of amides is 1. The quantitative estimate of drug-likeness (QED) is 0.884. The summed E-state index contributed by atoms with van der Waals surface area (Å²) in [7, 11) is 1.58. The van der Waals surface area contributed by atoms with Gasteiger partial charge in [0.2, 0.25) is 5.91 Å². The van der Waals surface area contributed by atoms with Crippen LogP contribution in [0.25, 0.3) is 11.2 Å². The smallest absolute Gasteiger partial charge is 0.330 e. The molecule has 0 saturated carbocycles. The lowest BCUT2D eigenvalue weighted by molar-refractivity contribution is -0.123. The first kappa shape index (κ1) is 16.2. The molecule has 1 amide bonds. The van der Waals surface area contributed by atoms with Gasteiger partial charge in [-0.15, -0.1) is 0 Å². The van der Waals surface area contributed by atoms with E-state index in [0.29, 0.717) is 24.3 Å². The third kappa shape index (κ3) is 3.54. The highest BCUT2D eigenvalue weighted by molar-refractivity contribution is 5.79. The van der Waals surface area contributed by atoms with E-state index in [0.717, 1.165) is 0 Å². The zero-order chi connectivity index (χ0) is 16.3. The van der Waals surface area contributed by atoms with Crippen molar-refractivity contribution < 1.29 is 9.53 Å². The number of methoxy groups -OCH3 is 1. The summed E-state index contributed by atoms with van der Waals surface area (Å²) in [6.07, 6.45) is 1.63. The summed E-state index contributed by atoms with van der Waals surface area (Å²) in [5, 5.41) is 2.86. The van der Waals surface area contributed by atoms with Crippen molar-refractivity contribution in [3.8, 4) is 0 Å². The number of ether oxygens (including phenoxy) is 1. The van der Waals surface area contributed by atoms with Crippen LogP contribution in [0.5, 0.6) is 0 Å². The summed E-state index contributed by atoms with van der Waals surface area (Å²) < 4.78 is 8.00. The molecule has 2 aromatic rings. The van der Waals surface area contributed by atoms with E-state index < -0.39 is 0 Å². The molecular formula is C15H22N4O3. The lowest BCUT2D eigenvalue weighted by atomic mass is 10.1. The van der Waals surface area contributed by atoms with Gasteiger partial charge in [0.1, 0.15) is 6.54 Å². The SMILES string of the molecule is COCCn1c(=O)n(CC(=O)NC(C)(C)C)c2cccnc21. The van der Waals surface area contributed by atoms with Crippen molar-refractivity contribution in [3.63, 3.8) is 0 Å². The van der Waals surface area contributed by atoms with Gasteiger partial charge in [-0.2, -0.15) is 0 Å². The van der Waals surface area contributed by atoms with E-state index in [9.17, 15) is 9.59 Å². The Hall–Kier alpha value is -2.15. The Morgan fingerprint density at radius 3 is 2.73 bits per heavy atom. The maximum absolute atomic E-state index is 12.5. The van der Waals surface area contributed by atoms with Gasteiger partial charge in [-0.1, -0.05) is 0 Å². The number of rotatable bonds is 5. The van der Waals surface area contributed by atoms with Crippen molar-refractivity contribution in [2.75, 3.05) is 13.7 Å². The molecule has 0 aliphatic carbocycles. The fourth-order valence-corrected chi connectivity index (χ4v) is 2.28. The van der Waals surface area contributed by atoms with E-state index >= 15 is 0 Å². The number of hydrogen-bond donors (Lipinski definition) is 1. The van der Waals surface area contributed by atoms with Gasteiger partial charge in [0.25, 0.3) is 0 Å². The van der Waals surface area contributed by atoms with Crippen molar-refractivity contribution in [1.29, 1.82) is 0 Å². The zero-order valence-electron chi connectivity index (χ0n) is 13.4. The summed E-state index contributed by atoms with van der Waals surface area (Å²) in [6.45, 7) is 6.48. The molecule has 0 unspecified atom stereocenters. The van der Waals surface area contributed by atoms with Crippen LogP contribution in [0.3, 0.4) is 0 Å². The molecule has 0 bridgehead atoms. The Labute approximate surface area is 128 Å². The number of hydrogen-bond acceptors (Lipinski definition) is 4. The molecule has 0 aliphatic heterocycles. The van der Waals surface area contributed by atoms with Gasteiger partial charge in [-0.3, -0.25) is 13.9 Å². The standard InChI is InChI=1S/C15H22N4O3/c1-15(2,3)17-12(20)10-19-11-6-5-7-16-13(11)18(14(19)21)8-9-22-4/h5-7H,8-10H2,1-4H3,(H,17,20). The molecule has 22 heavy (non-hydrogen) atoms. The molecule has 1 N–H and O–H groups in total. The van der Waals surface area contributed by atoms with Crippen LogP contribution >= 0.6 is 0 Å². The van der Waals surface area contributed by atoms with Crippen LogP contribution in [0.4, 0.5) is 0 Å².